The summed E-state index contributed by atoms with van der Waals surface area (Å²) in [7, 11) is 0. The van der Waals surface area contributed by atoms with Crippen molar-refractivity contribution < 1.29 is 5.11 Å². The Bertz CT molecular complexity index is 377. The average molecular weight is 232 g/mol. The van der Waals surface area contributed by atoms with Gasteiger partial charge in [0.15, 0.2) is 0 Å². The van der Waals surface area contributed by atoms with Gasteiger partial charge in [0, 0.05) is 5.92 Å². The third-order valence-electron chi connectivity index (χ3n) is 5.31. The fourth-order valence-electron chi connectivity index (χ4n) is 3.34. The molecule has 1 heteroatoms. The Hall–Kier alpha value is -0.820. The Balaban J connectivity index is 2.15. The number of benzene rings is 1. The number of rotatable bonds is 3. The van der Waals surface area contributed by atoms with E-state index in [4.69, 9.17) is 0 Å². The van der Waals surface area contributed by atoms with Gasteiger partial charge in [-0.3, -0.25) is 0 Å². The second-order valence-electron chi connectivity index (χ2n) is 6.61. The molecule has 1 saturated carbocycles. The van der Waals surface area contributed by atoms with Gasteiger partial charge in [-0.05, 0) is 22.3 Å². The number of aliphatic hydroxyl groups excluding tert-OH is 1. The molecule has 1 aromatic rings. The summed E-state index contributed by atoms with van der Waals surface area (Å²) >= 11 is 0. The van der Waals surface area contributed by atoms with Crippen molar-refractivity contribution in [3.63, 3.8) is 0 Å². The predicted molar refractivity (Wildman–Crippen MR) is 71.9 cm³/mol. The fourth-order valence-corrected chi connectivity index (χ4v) is 3.34. The Morgan fingerprint density at radius 3 is 1.88 bits per heavy atom. The molecular weight excluding hydrogens is 208 g/mol. The highest BCUT2D eigenvalue weighted by Crippen LogP contribution is 2.70. The molecule has 0 aliphatic heterocycles. The van der Waals surface area contributed by atoms with Gasteiger partial charge in [-0.15, -0.1) is 0 Å². The summed E-state index contributed by atoms with van der Waals surface area (Å²) in [5.74, 6) is 0.604. The maximum absolute atomic E-state index is 10.6. The van der Waals surface area contributed by atoms with Crippen molar-refractivity contribution in [3.05, 3.63) is 35.9 Å². The molecule has 1 nitrogen and oxygen atoms in total. The summed E-state index contributed by atoms with van der Waals surface area (Å²) in [6, 6.07) is 10.3. The first-order valence-corrected chi connectivity index (χ1v) is 6.53. The van der Waals surface area contributed by atoms with Gasteiger partial charge in [-0.25, -0.2) is 0 Å². The number of hydrogen-bond donors (Lipinski definition) is 1. The van der Waals surface area contributed by atoms with Crippen LogP contribution >= 0.6 is 0 Å². The van der Waals surface area contributed by atoms with Crippen molar-refractivity contribution in [2.24, 2.45) is 16.7 Å². The highest BCUT2D eigenvalue weighted by molar-refractivity contribution is 5.24. The molecule has 2 atom stereocenters. The van der Waals surface area contributed by atoms with Gasteiger partial charge >= 0.3 is 0 Å². The summed E-state index contributed by atoms with van der Waals surface area (Å²) in [6.45, 7) is 11.2. The first-order chi connectivity index (χ1) is 7.80. The van der Waals surface area contributed by atoms with Crippen molar-refractivity contribution in [3.8, 4) is 0 Å². The van der Waals surface area contributed by atoms with Crippen LogP contribution in [-0.2, 0) is 0 Å². The predicted octanol–water partition coefficient (Wildman–Crippen LogP) is 3.83. The Labute approximate surface area is 105 Å². The van der Waals surface area contributed by atoms with Crippen molar-refractivity contribution in [2.45, 2.75) is 46.6 Å². The molecule has 0 heterocycles. The molecule has 1 aliphatic rings. The normalized spacial score (nSPS) is 25.3. The summed E-state index contributed by atoms with van der Waals surface area (Å²) in [5, 5.41) is 10.6. The smallest absolute Gasteiger partial charge is 0.0644 e. The maximum atomic E-state index is 10.6. The SMILES string of the molecule is C[C@H](c1ccccc1)[C@H](O)C1C(C)(C)C1(C)C. The van der Waals surface area contributed by atoms with E-state index in [1.165, 1.54) is 5.56 Å². The molecule has 17 heavy (non-hydrogen) atoms. The zero-order valence-electron chi connectivity index (χ0n) is 11.6. The van der Waals surface area contributed by atoms with Crippen LogP contribution in [0.3, 0.4) is 0 Å². The van der Waals surface area contributed by atoms with Crippen LogP contribution in [0.4, 0.5) is 0 Å². The highest BCUT2D eigenvalue weighted by Gasteiger charge is 2.67. The molecule has 0 saturated heterocycles. The second kappa shape index (κ2) is 3.84. The van der Waals surface area contributed by atoms with E-state index in [1.54, 1.807) is 0 Å². The third-order valence-corrected chi connectivity index (χ3v) is 5.31. The zero-order chi connectivity index (χ0) is 12.8. The van der Waals surface area contributed by atoms with E-state index in [0.717, 1.165) is 0 Å². The van der Waals surface area contributed by atoms with E-state index in [9.17, 15) is 5.11 Å². The fraction of sp³-hybridized carbons (Fsp3) is 0.625. The lowest BCUT2D eigenvalue weighted by Gasteiger charge is -2.21. The van der Waals surface area contributed by atoms with Gasteiger partial charge in [0.25, 0.3) is 0 Å². The lowest BCUT2D eigenvalue weighted by Crippen LogP contribution is -2.21. The van der Waals surface area contributed by atoms with Crippen LogP contribution in [-0.4, -0.2) is 11.2 Å². The van der Waals surface area contributed by atoms with E-state index in [0.29, 0.717) is 5.92 Å². The van der Waals surface area contributed by atoms with E-state index < -0.39 is 0 Å². The van der Waals surface area contributed by atoms with Crippen molar-refractivity contribution in [1.29, 1.82) is 0 Å². The first-order valence-electron chi connectivity index (χ1n) is 6.53. The molecule has 2 rings (SSSR count). The maximum Gasteiger partial charge on any atom is 0.0644 e. The molecule has 1 aromatic carbocycles. The molecule has 0 unspecified atom stereocenters. The van der Waals surface area contributed by atoms with Crippen LogP contribution in [0.5, 0.6) is 0 Å². The van der Waals surface area contributed by atoms with E-state index in [2.05, 4.69) is 46.8 Å². The van der Waals surface area contributed by atoms with Crippen LogP contribution in [0, 0.1) is 16.7 Å². The van der Waals surface area contributed by atoms with Crippen molar-refractivity contribution in [2.75, 3.05) is 0 Å². The topological polar surface area (TPSA) is 20.2 Å². The Morgan fingerprint density at radius 1 is 1.00 bits per heavy atom. The molecule has 0 bridgehead atoms. The summed E-state index contributed by atoms with van der Waals surface area (Å²) < 4.78 is 0. The van der Waals surface area contributed by atoms with Crippen molar-refractivity contribution >= 4 is 0 Å². The highest BCUT2D eigenvalue weighted by atomic mass is 16.3. The van der Waals surface area contributed by atoms with Gasteiger partial charge in [-0.1, -0.05) is 65.0 Å². The molecule has 1 aliphatic carbocycles. The molecule has 94 valence electrons. The quantitative estimate of drug-likeness (QED) is 0.839. The van der Waals surface area contributed by atoms with Gasteiger partial charge < -0.3 is 5.11 Å². The zero-order valence-corrected chi connectivity index (χ0v) is 11.6. The third kappa shape index (κ3) is 1.81. The first kappa shape index (κ1) is 12.6. The van der Waals surface area contributed by atoms with Gasteiger partial charge in [-0.2, -0.15) is 0 Å². The molecular formula is C16H24O. The summed E-state index contributed by atoms with van der Waals surface area (Å²) in [5.41, 5.74) is 1.73. The number of hydrogen-bond acceptors (Lipinski definition) is 1. The minimum Gasteiger partial charge on any atom is -0.392 e. The minimum absolute atomic E-state index is 0.210. The second-order valence-corrected chi connectivity index (χ2v) is 6.61. The molecule has 1 N–H and O–H groups in total. The molecule has 0 amide bonds. The van der Waals surface area contributed by atoms with E-state index in [-0.39, 0.29) is 22.9 Å². The molecule has 0 spiro atoms. The monoisotopic (exact) mass is 232 g/mol. The van der Waals surface area contributed by atoms with Gasteiger partial charge in [0.05, 0.1) is 6.10 Å². The van der Waals surface area contributed by atoms with Crippen LogP contribution in [0.1, 0.15) is 46.1 Å². The van der Waals surface area contributed by atoms with Crippen LogP contribution in [0.2, 0.25) is 0 Å². The van der Waals surface area contributed by atoms with Crippen molar-refractivity contribution in [1.82, 2.24) is 0 Å². The molecule has 0 aromatic heterocycles. The largest absolute Gasteiger partial charge is 0.392 e. The number of aliphatic hydroxyl groups is 1. The molecule has 1 fully saturated rings. The lowest BCUT2D eigenvalue weighted by molar-refractivity contribution is 0.106. The van der Waals surface area contributed by atoms with E-state index in [1.807, 2.05) is 18.2 Å². The summed E-state index contributed by atoms with van der Waals surface area (Å²) in [6.07, 6.45) is -0.248. The Morgan fingerprint density at radius 2 is 1.47 bits per heavy atom. The minimum atomic E-state index is -0.248. The van der Waals surface area contributed by atoms with Gasteiger partial charge in [0.2, 0.25) is 0 Å². The van der Waals surface area contributed by atoms with Crippen LogP contribution < -0.4 is 0 Å². The standard InChI is InChI=1S/C16H24O/c1-11(12-9-7-6-8-10-12)13(17)14-15(2,3)16(14,4)5/h6-11,13-14,17H,1-5H3/t11-,13+/m1/s1. The lowest BCUT2D eigenvalue weighted by atomic mass is 9.89. The van der Waals surface area contributed by atoms with Gasteiger partial charge in [0.1, 0.15) is 0 Å². The van der Waals surface area contributed by atoms with Crippen LogP contribution in [0.25, 0.3) is 0 Å². The summed E-state index contributed by atoms with van der Waals surface area (Å²) in [4.78, 5) is 0. The van der Waals surface area contributed by atoms with Crippen LogP contribution in [0.15, 0.2) is 30.3 Å². The Kier molecular flexibility index (Phi) is 2.86. The van der Waals surface area contributed by atoms with E-state index >= 15 is 0 Å². The molecule has 0 radical (unpaired) electrons. The average Bonchev–Trinajstić information content (AvgIpc) is 2.69.